The minimum Gasteiger partial charge on any atom is -0.406 e. The van der Waals surface area contributed by atoms with Gasteiger partial charge in [0.25, 0.3) is 16.6 Å². The number of hydrogen-bond acceptors (Lipinski definition) is 8. The molecule has 0 spiro atoms. The first-order valence-electron chi connectivity index (χ1n) is 22.4. The molecule has 10 nitrogen and oxygen atoms in total. The number of fused-ring (bicyclic) bond motifs is 2. The van der Waals surface area contributed by atoms with E-state index in [0.717, 1.165) is 22.1 Å². The van der Waals surface area contributed by atoms with Crippen LogP contribution in [0.3, 0.4) is 0 Å². The average molecular weight is 887 g/mol. The molecule has 0 aliphatic heterocycles. The summed E-state index contributed by atoms with van der Waals surface area (Å²) in [7, 11) is -1.31. The largest absolute Gasteiger partial charge is 0.406 e. The quantitative estimate of drug-likeness (QED) is 0.0855. The molecule has 8 rings (SSSR count). The van der Waals surface area contributed by atoms with E-state index in [9.17, 15) is 0 Å². The van der Waals surface area contributed by atoms with E-state index in [4.69, 9.17) is 29.5 Å². The third kappa shape index (κ3) is 8.53. The molecule has 2 unspecified atom stereocenters. The van der Waals surface area contributed by atoms with Crippen LogP contribution in [0.4, 0.5) is 0 Å². The summed E-state index contributed by atoms with van der Waals surface area (Å²) < 4.78 is 19.1. The smallest absolute Gasteiger partial charge is 0.261 e. The molecule has 64 heavy (non-hydrogen) atoms. The van der Waals surface area contributed by atoms with E-state index in [0.29, 0.717) is 26.3 Å². The molecule has 0 aliphatic rings. The second kappa shape index (κ2) is 18.9. The average Bonchev–Trinajstić information content (AvgIpc) is 3.93. The van der Waals surface area contributed by atoms with Crippen LogP contribution in [-0.4, -0.2) is 96.8 Å². The van der Waals surface area contributed by atoms with Gasteiger partial charge in [-0.2, -0.15) is 0 Å². The molecule has 0 radical (unpaired) electrons. The van der Waals surface area contributed by atoms with Crippen molar-refractivity contribution in [2.24, 2.45) is 0 Å². The Kier molecular flexibility index (Phi) is 13.3. The van der Waals surface area contributed by atoms with E-state index in [-0.39, 0.29) is 10.1 Å². The van der Waals surface area contributed by atoms with Crippen LogP contribution in [0, 0.1) is 0 Å². The highest BCUT2D eigenvalue weighted by molar-refractivity contribution is 7.00. The minimum absolute atomic E-state index is 0.163. The van der Waals surface area contributed by atoms with E-state index >= 15 is 0 Å². The number of likely N-dealkylation sites (N-methyl/N-ethyl adjacent to an activating group) is 2. The molecule has 2 aromatic heterocycles. The van der Waals surface area contributed by atoms with Gasteiger partial charge in [0.2, 0.25) is 0 Å². The van der Waals surface area contributed by atoms with Crippen LogP contribution in [0.1, 0.15) is 53.9 Å². The van der Waals surface area contributed by atoms with Crippen molar-refractivity contribution < 1.29 is 8.85 Å². The van der Waals surface area contributed by atoms with Crippen LogP contribution in [0.5, 0.6) is 0 Å². The molecule has 12 heteroatoms. The topological polar surface area (TPSA) is 86.4 Å². The summed E-state index contributed by atoms with van der Waals surface area (Å²) in [4.78, 5) is 4.69. The Morgan fingerprint density at radius 2 is 0.719 bits per heavy atom. The lowest BCUT2D eigenvalue weighted by Crippen LogP contribution is -2.67. The summed E-state index contributed by atoms with van der Waals surface area (Å²) in [5.74, 6) is 0. The molecule has 0 saturated carbocycles. The van der Waals surface area contributed by atoms with Gasteiger partial charge in [0, 0.05) is 26.3 Å². The summed E-state index contributed by atoms with van der Waals surface area (Å²) in [6.07, 6.45) is -0.809. The maximum atomic E-state index is 7.50. The molecule has 2 atom stereocenters. The van der Waals surface area contributed by atoms with Crippen molar-refractivity contribution in [3.8, 4) is 0 Å². The molecular formula is C52H62N8O2Si2. The van der Waals surface area contributed by atoms with Crippen molar-refractivity contribution in [3.63, 3.8) is 0 Å². The molecule has 330 valence electrons. The number of rotatable bonds is 17. The molecular weight excluding hydrogens is 825 g/mol. The number of aromatic nitrogens is 6. The Morgan fingerprint density at radius 3 is 1.02 bits per heavy atom. The lowest BCUT2D eigenvalue weighted by atomic mass is 10.2. The lowest BCUT2D eigenvalue weighted by Gasteiger charge is -2.44. The fraction of sp³-hybridized carbons (Fsp3) is 0.308. The van der Waals surface area contributed by atoms with Gasteiger partial charge in [0.05, 0.1) is 11.0 Å². The van der Waals surface area contributed by atoms with Crippen molar-refractivity contribution in [2.75, 3.05) is 40.4 Å². The third-order valence-electron chi connectivity index (χ3n) is 12.8. The van der Waals surface area contributed by atoms with Gasteiger partial charge in [-0.1, -0.05) is 198 Å². The zero-order valence-corrected chi connectivity index (χ0v) is 40.5. The van der Waals surface area contributed by atoms with Crippen molar-refractivity contribution in [3.05, 3.63) is 170 Å². The van der Waals surface area contributed by atoms with E-state index in [2.05, 4.69) is 208 Å². The van der Waals surface area contributed by atoms with Gasteiger partial charge in [-0.15, -0.1) is 10.2 Å². The highest BCUT2D eigenvalue weighted by Crippen LogP contribution is 2.39. The van der Waals surface area contributed by atoms with Crippen LogP contribution >= 0.6 is 0 Å². The monoisotopic (exact) mass is 886 g/mol. The Labute approximate surface area is 380 Å². The van der Waals surface area contributed by atoms with Gasteiger partial charge in [0.15, 0.2) is 0 Å². The highest BCUT2D eigenvalue weighted by Gasteiger charge is 2.51. The fourth-order valence-electron chi connectivity index (χ4n) is 9.72. The van der Waals surface area contributed by atoms with Gasteiger partial charge in [-0.25, -0.2) is 9.36 Å². The second-order valence-corrected chi connectivity index (χ2v) is 27.5. The molecule has 2 heterocycles. The van der Waals surface area contributed by atoms with Crippen LogP contribution in [-0.2, 0) is 8.85 Å². The number of para-hydroxylation sites is 2. The van der Waals surface area contributed by atoms with E-state index in [1.165, 1.54) is 20.7 Å². The molecule has 0 amide bonds. The number of nitrogens with zero attached hydrogens (tertiary/aromatic N) is 8. The van der Waals surface area contributed by atoms with E-state index in [1.807, 2.05) is 36.4 Å². The molecule has 0 bridgehead atoms. The van der Waals surface area contributed by atoms with Gasteiger partial charge in [-0.05, 0) is 69.2 Å². The SMILES string of the molecule is CN(CCO[Si](c1ccccc1)(c1ccccc1)C(C)(C)C)C(C(N(C)CCO[Si](c1ccccc1)(c1ccccc1)C(C)(C)C)n1nnc2ccccc21)n1nnc2ccccc21. The fourth-order valence-corrected chi connectivity index (χ4v) is 18.8. The van der Waals surface area contributed by atoms with Crippen LogP contribution in [0.2, 0.25) is 10.1 Å². The molecule has 8 aromatic rings. The summed E-state index contributed by atoms with van der Waals surface area (Å²) >= 11 is 0. The number of benzene rings is 6. The molecule has 0 fully saturated rings. The van der Waals surface area contributed by atoms with E-state index in [1.54, 1.807) is 0 Å². The van der Waals surface area contributed by atoms with E-state index < -0.39 is 29.0 Å². The first-order valence-corrected chi connectivity index (χ1v) is 26.2. The van der Waals surface area contributed by atoms with Gasteiger partial charge >= 0.3 is 0 Å². The maximum Gasteiger partial charge on any atom is 0.261 e. The van der Waals surface area contributed by atoms with Gasteiger partial charge < -0.3 is 8.85 Å². The first kappa shape index (κ1) is 45.0. The Bertz CT molecular complexity index is 2450. The summed E-state index contributed by atoms with van der Waals surface area (Å²) in [5.41, 5.74) is 3.51. The van der Waals surface area contributed by atoms with Crippen molar-refractivity contribution in [1.82, 2.24) is 39.8 Å². The zero-order valence-electron chi connectivity index (χ0n) is 38.5. The van der Waals surface area contributed by atoms with Crippen molar-refractivity contribution in [2.45, 2.75) is 64.0 Å². The van der Waals surface area contributed by atoms with Gasteiger partial charge in [0.1, 0.15) is 23.4 Å². The maximum absolute atomic E-state index is 7.50. The van der Waals surface area contributed by atoms with Crippen LogP contribution < -0.4 is 20.7 Å². The van der Waals surface area contributed by atoms with Crippen LogP contribution in [0.25, 0.3) is 22.1 Å². The zero-order chi connectivity index (χ0) is 45.0. The van der Waals surface area contributed by atoms with Crippen molar-refractivity contribution in [1.29, 1.82) is 0 Å². The summed E-state index contributed by atoms with van der Waals surface area (Å²) in [6.45, 7) is 16.1. The second-order valence-electron chi connectivity index (χ2n) is 18.9. The molecule has 0 aliphatic carbocycles. The van der Waals surface area contributed by atoms with Crippen molar-refractivity contribution >= 4 is 59.4 Å². The standard InChI is InChI=1S/C52H62N8O2Si2/c1-51(2,3)63(41-25-13-9-14-26-41,42-27-15-10-16-28-42)61-39-37-57(7)49(59-47-35-23-21-33-45(47)53-55-59)50(60-48-36-24-22-34-46(48)54-56-60)58(8)38-40-62-64(52(4,5)6,43-29-17-11-18-30-43)44-31-19-12-20-32-44/h9-36,49-50H,37-40H2,1-8H3. The summed E-state index contributed by atoms with van der Waals surface area (Å²) in [6, 6.07) is 59.7. The molecule has 0 N–H and O–H groups in total. The predicted octanol–water partition coefficient (Wildman–Crippen LogP) is 7.89. The van der Waals surface area contributed by atoms with Crippen LogP contribution in [0.15, 0.2) is 170 Å². The molecule has 6 aromatic carbocycles. The Hall–Kier alpha value is -5.61. The van der Waals surface area contributed by atoms with Gasteiger partial charge in [-0.3, -0.25) is 9.80 Å². The third-order valence-corrected chi connectivity index (χ3v) is 22.9. The highest BCUT2D eigenvalue weighted by atomic mass is 28.4. The first-order chi connectivity index (χ1) is 30.9. The lowest BCUT2D eigenvalue weighted by molar-refractivity contribution is -0.000198. The normalized spacial score (nSPS) is 13.8. The minimum atomic E-state index is -2.82. The number of hydrogen-bond donors (Lipinski definition) is 0. The summed E-state index contributed by atoms with van der Waals surface area (Å²) in [5, 5.41) is 23.9. The Balaban J connectivity index is 1.19. The molecule has 0 saturated heterocycles. The predicted molar refractivity (Wildman–Crippen MR) is 266 cm³/mol. The Morgan fingerprint density at radius 1 is 0.438 bits per heavy atom.